The van der Waals surface area contributed by atoms with E-state index in [1.165, 1.54) is 44.9 Å². The van der Waals surface area contributed by atoms with Gasteiger partial charge in [0.1, 0.15) is 0 Å². The fourth-order valence-corrected chi connectivity index (χ4v) is 1.07. The lowest BCUT2D eigenvalue weighted by molar-refractivity contribution is 0.611. The van der Waals surface area contributed by atoms with Crippen molar-refractivity contribution in [2.24, 2.45) is 5.92 Å². The van der Waals surface area contributed by atoms with Crippen molar-refractivity contribution in [3.8, 4) is 0 Å². The van der Waals surface area contributed by atoms with E-state index < -0.39 is 0 Å². The molecule has 0 aromatic rings. The van der Waals surface area contributed by atoms with Crippen LogP contribution < -0.4 is 0 Å². The Morgan fingerprint density at radius 3 is 1.80 bits per heavy atom. The highest BCUT2D eigenvalue weighted by atomic mass is 13.9. The molecule has 0 aromatic carbocycles. The minimum absolute atomic E-state index is 0.648. The molecule has 0 heterocycles. The van der Waals surface area contributed by atoms with Crippen LogP contribution in [0.1, 0.15) is 65.7 Å². The van der Waals surface area contributed by atoms with Gasteiger partial charge in [0.15, 0.2) is 0 Å². The van der Waals surface area contributed by atoms with Gasteiger partial charge in [-0.05, 0) is 18.8 Å². The van der Waals surface area contributed by atoms with Crippen LogP contribution in [-0.2, 0) is 0 Å². The van der Waals surface area contributed by atoms with Gasteiger partial charge in [-0.3, -0.25) is 0 Å². The van der Waals surface area contributed by atoms with Gasteiger partial charge >= 0.3 is 0 Å². The van der Waals surface area contributed by atoms with Crippen molar-refractivity contribution in [3.63, 3.8) is 0 Å². The molecule has 0 heteroatoms. The van der Waals surface area contributed by atoms with Crippen molar-refractivity contribution in [2.45, 2.75) is 65.7 Å². The first-order valence-corrected chi connectivity index (χ1v) is 6.42. The van der Waals surface area contributed by atoms with Crippen LogP contribution in [0.4, 0.5) is 0 Å². The SMILES string of the molecule is C=CC(C)C.C=CCCCCCCCC. The second-order valence-corrected chi connectivity index (χ2v) is 4.32. The summed E-state index contributed by atoms with van der Waals surface area (Å²) in [5.74, 6) is 0.648. The average molecular weight is 210 g/mol. The average Bonchev–Trinajstić information content (AvgIpc) is 2.24. The maximum atomic E-state index is 3.69. The van der Waals surface area contributed by atoms with E-state index in [4.69, 9.17) is 0 Å². The first-order chi connectivity index (χ1) is 7.18. The Hall–Kier alpha value is -0.520. The van der Waals surface area contributed by atoms with E-state index in [2.05, 4.69) is 33.9 Å². The minimum atomic E-state index is 0.648. The van der Waals surface area contributed by atoms with E-state index in [0.29, 0.717) is 5.92 Å². The number of hydrogen-bond acceptors (Lipinski definition) is 0. The Morgan fingerprint density at radius 2 is 1.40 bits per heavy atom. The molecule has 0 saturated carbocycles. The Kier molecular flexibility index (Phi) is 17.9. The molecule has 0 nitrogen and oxygen atoms in total. The molecule has 0 aliphatic carbocycles. The molecule has 0 fully saturated rings. The molecular formula is C15H30. The highest BCUT2D eigenvalue weighted by Gasteiger charge is 1.86. The first kappa shape index (κ1) is 16.9. The maximum absolute atomic E-state index is 3.69. The van der Waals surface area contributed by atoms with Crippen LogP contribution >= 0.6 is 0 Å². The van der Waals surface area contributed by atoms with Gasteiger partial charge in [0.05, 0.1) is 0 Å². The molecule has 0 aliphatic rings. The van der Waals surface area contributed by atoms with Crippen LogP contribution in [0.3, 0.4) is 0 Å². The molecule has 0 unspecified atom stereocenters. The third-order valence-electron chi connectivity index (χ3n) is 2.23. The van der Waals surface area contributed by atoms with E-state index in [0.717, 1.165) is 0 Å². The van der Waals surface area contributed by atoms with Crippen LogP contribution in [0.5, 0.6) is 0 Å². The summed E-state index contributed by atoms with van der Waals surface area (Å²) in [6.45, 7) is 13.7. The Morgan fingerprint density at radius 1 is 0.933 bits per heavy atom. The van der Waals surface area contributed by atoms with Gasteiger partial charge in [0.25, 0.3) is 0 Å². The summed E-state index contributed by atoms with van der Waals surface area (Å²) in [5, 5.41) is 0. The molecule has 0 atom stereocenters. The third-order valence-corrected chi connectivity index (χ3v) is 2.23. The summed E-state index contributed by atoms with van der Waals surface area (Å²) in [6, 6.07) is 0. The van der Waals surface area contributed by atoms with Gasteiger partial charge in [-0.15, -0.1) is 13.2 Å². The highest BCUT2D eigenvalue weighted by Crippen LogP contribution is 2.06. The predicted octanol–water partition coefficient (Wildman–Crippen LogP) is 5.75. The molecule has 0 aliphatic heterocycles. The summed E-state index contributed by atoms with van der Waals surface area (Å²) in [6.07, 6.45) is 13.5. The largest absolute Gasteiger partial charge is 0.103 e. The molecule has 0 rings (SSSR count). The molecule has 0 spiro atoms. The van der Waals surface area contributed by atoms with Crippen molar-refractivity contribution in [1.29, 1.82) is 0 Å². The summed E-state index contributed by atoms with van der Waals surface area (Å²) in [7, 11) is 0. The van der Waals surface area contributed by atoms with E-state index in [-0.39, 0.29) is 0 Å². The minimum Gasteiger partial charge on any atom is -0.103 e. The zero-order valence-electron chi connectivity index (χ0n) is 11.1. The molecule has 0 amide bonds. The van der Waals surface area contributed by atoms with Crippen molar-refractivity contribution < 1.29 is 0 Å². The maximum Gasteiger partial charge on any atom is -0.0293 e. The van der Waals surface area contributed by atoms with Crippen LogP contribution in [0, 0.1) is 5.92 Å². The van der Waals surface area contributed by atoms with E-state index in [9.17, 15) is 0 Å². The zero-order chi connectivity index (χ0) is 11.9. The second-order valence-electron chi connectivity index (χ2n) is 4.32. The quantitative estimate of drug-likeness (QED) is 0.353. The molecule has 15 heavy (non-hydrogen) atoms. The lowest BCUT2D eigenvalue weighted by atomic mass is 10.1. The van der Waals surface area contributed by atoms with Gasteiger partial charge in [-0.25, -0.2) is 0 Å². The summed E-state index contributed by atoms with van der Waals surface area (Å²) in [4.78, 5) is 0. The van der Waals surface area contributed by atoms with Crippen molar-refractivity contribution in [1.82, 2.24) is 0 Å². The van der Waals surface area contributed by atoms with Gasteiger partial charge in [0, 0.05) is 0 Å². The topological polar surface area (TPSA) is 0 Å². The molecule has 0 aromatic heterocycles. The Bertz CT molecular complexity index is 122. The number of hydrogen-bond donors (Lipinski definition) is 0. The normalized spacial score (nSPS) is 9.33. The van der Waals surface area contributed by atoms with E-state index in [1.807, 2.05) is 12.2 Å². The van der Waals surface area contributed by atoms with Gasteiger partial charge in [0.2, 0.25) is 0 Å². The third kappa shape index (κ3) is 24.7. The van der Waals surface area contributed by atoms with E-state index >= 15 is 0 Å². The first-order valence-electron chi connectivity index (χ1n) is 6.42. The molecule has 0 saturated heterocycles. The fourth-order valence-electron chi connectivity index (χ4n) is 1.07. The fraction of sp³-hybridized carbons (Fsp3) is 0.733. The van der Waals surface area contributed by atoms with Gasteiger partial charge in [-0.2, -0.15) is 0 Å². The lowest BCUT2D eigenvalue weighted by Gasteiger charge is -1.96. The molecule has 90 valence electrons. The molecule has 0 radical (unpaired) electrons. The van der Waals surface area contributed by atoms with Crippen LogP contribution in [0.2, 0.25) is 0 Å². The number of unbranched alkanes of at least 4 members (excludes halogenated alkanes) is 6. The second kappa shape index (κ2) is 15.9. The standard InChI is InChI=1S/C10H20.C5H10/c1-3-5-7-9-10-8-6-4-2;1-4-5(2)3/h3H,1,4-10H2,2H3;4-5H,1H2,2-3H3. The Balaban J connectivity index is 0. The van der Waals surface area contributed by atoms with Crippen molar-refractivity contribution in [3.05, 3.63) is 25.3 Å². The Labute approximate surface area is 97.5 Å². The summed E-state index contributed by atoms with van der Waals surface area (Å²) >= 11 is 0. The monoisotopic (exact) mass is 210 g/mol. The van der Waals surface area contributed by atoms with Crippen LogP contribution in [-0.4, -0.2) is 0 Å². The van der Waals surface area contributed by atoms with Crippen LogP contribution in [0.15, 0.2) is 25.3 Å². The van der Waals surface area contributed by atoms with Gasteiger partial charge in [-0.1, -0.05) is 65.0 Å². The number of rotatable bonds is 8. The molecule has 0 N–H and O–H groups in total. The van der Waals surface area contributed by atoms with Crippen molar-refractivity contribution >= 4 is 0 Å². The molecule has 0 bridgehead atoms. The van der Waals surface area contributed by atoms with Crippen LogP contribution in [0.25, 0.3) is 0 Å². The smallest absolute Gasteiger partial charge is 0.0293 e. The summed E-state index contributed by atoms with van der Waals surface area (Å²) in [5.41, 5.74) is 0. The number of allylic oxidation sites excluding steroid dienone is 2. The predicted molar refractivity (Wildman–Crippen MR) is 73.2 cm³/mol. The highest BCUT2D eigenvalue weighted by molar-refractivity contribution is 4.69. The summed E-state index contributed by atoms with van der Waals surface area (Å²) < 4.78 is 0. The van der Waals surface area contributed by atoms with Gasteiger partial charge < -0.3 is 0 Å². The molecular weight excluding hydrogens is 180 g/mol. The van der Waals surface area contributed by atoms with Crippen molar-refractivity contribution in [2.75, 3.05) is 0 Å². The lowest BCUT2D eigenvalue weighted by Crippen LogP contribution is -1.76. The zero-order valence-corrected chi connectivity index (χ0v) is 11.1. The van der Waals surface area contributed by atoms with E-state index in [1.54, 1.807) is 0 Å².